The third-order valence-corrected chi connectivity index (χ3v) is 7.33. The van der Waals surface area contributed by atoms with E-state index in [1.807, 2.05) is 42.7 Å². The predicted octanol–water partition coefficient (Wildman–Crippen LogP) is 4.52. The van der Waals surface area contributed by atoms with Crippen LogP contribution in [0.5, 0.6) is 0 Å². The predicted molar refractivity (Wildman–Crippen MR) is 132 cm³/mol. The lowest BCUT2D eigenvalue weighted by atomic mass is 9.86. The maximum absolute atomic E-state index is 12.9. The monoisotopic (exact) mass is 471 g/mol. The van der Waals surface area contributed by atoms with Gasteiger partial charge >= 0.3 is 0 Å². The van der Waals surface area contributed by atoms with Crippen molar-refractivity contribution in [2.24, 2.45) is 11.8 Å². The van der Waals surface area contributed by atoms with Crippen molar-refractivity contribution in [3.05, 3.63) is 41.2 Å². The van der Waals surface area contributed by atoms with E-state index in [0.717, 1.165) is 17.8 Å². The number of nitrogens with zero attached hydrogens (tertiary/aromatic N) is 3. The van der Waals surface area contributed by atoms with Crippen molar-refractivity contribution >= 4 is 23.6 Å². The lowest BCUT2D eigenvalue weighted by molar-refractivity contribution is -0.119. The average Bonchev–Trinajstić information content (AvgIpc) is 3.19. The minimum Gasteiger partial charge on any atom is -0.352 e. The number of carbonyl (C=O) groups is 2. The van der Waals surface area contributed by atoms with Crippen LogP contribution < -0.4 is 10.6 Å². The molecule has 1 aromatic heterocycles. The zero-order valence-corrected chi connectivity index (χ0v) is 21.2. The molecule has 8 heteroatoms. The van der Waals surface area contributed by atoms with Crippen LogP contribution in [0.4, 0.5) is 0 Å². The van der Waals surface area contributed by atoms with E-state index in [1.54, 1.807) is 0 Å². The van der Waals surface area contributed by atoms with E-state index in [4.69, 9.17) is 0 Å². The lowest BCUT2D eigenvalue weighted by Crippen LogP contribution is -2.41. The van der Waals surface area contributed by atoms with Gasteiger partial charge in [-0.25, -0.2) is 0 Å². The van der Waals surface area contributed by atoms with Crippen LogP contribution in [0.2, 0.25) is 0 Å². The maximum Gasteiger partial charge on any atom is 0.251 e. The Morgan fingerprint density at radius 2 is 1.97 bits per heavy atom. The van der Waals surface area contributed by atoms with Crippen LogP contribution in [-0.2, 0) is 11.3 Å². The Morgan fingerprint density at radius 1 is 1.21 bits per heavy atom. The van der Waals surface area contributed by atoms with E-state index in [-0.39, 0.29) is 29.8 Å². The second kappa shape index (κ2) is 11.7. The van der Waals surface area contributed by atoms with Crippen molar-refractivity contribution in [3.63, 3.8) is 0 Å². The fourth-order valence-corrected chi connectivity index (χ4v) is 5.20. The van der Waals surface area contributed by atoms with E-state index >= 15 is 0 Å². The second-order valence-electron chi connectivity index (χ2n) is 9.37. The molecule has 2 amide bonds. The van der Waals surface area contributed by atoms with Gasteiger partial charge in [0.1, 0.15) is 0 Å². The van der Waals surface area contributed by atoms with Crippen molar-refractivity contribution in [3.8, 4) is 0 Å². The molecule has 0 aliphatic heterocycles. The first-order valence-electron chi connectivity index (χ1n) is 12.0. The SMILES string of the molecule is CCn1c(SCC(=O)N[C@@H]2CCCC[C@H]2C)nnc1[C@H](NC(=O)c1cccc(C)c1)C(C)C. The van der Waals surface area contributed by atoms with Gasteiger partial charge in [0, 0.05) is 18.2 Å². The van der Waals surface area contributed by atoms with Gasteiger partial charge in [0.25, 0.3) is 5.91 Å². The Kier molecular flexibility index (Phi) is 8.95. The molecule has 0 bridgehead atoms. The van der Waals surface area contributed by atoms with E-state index < -0.39 is 0 Å². The summed E-state index contributed by atoms with van der Waals surface area (Å²) in [6, 6.07) is 7.54. The van der Waals surface area contributed by atoms with E-state index in [9.17, 15) is 9.59 Å². The molecule has 0 saturated heterocycles. The standard InChI is InChI=1S/C25H37N5O2S/c1-6-30-23(22(16(2)3)27-24(32)19-12-9-10-17(4)14-19)28-29-25(30)33-15-21(31)26-20-13-8-7-11-18(20)5/h9-10,12,14,16,18,20,22H,6-8,11,13,15H2,1-5H3,(H,26,31)(H,27,32)/t18-,20-,22-/m1/s1. The van der Waals surface area contributed by atoms with Gasteiger partial charge in [0.2, 0.25) is 5.91 Å². The highest BCUT2D eigenvalue weighted by Crippen LogP contribution is 2.27. The first-order valence-corrected chi connectivity index (χ1v) is 13.0. The number of nitrogens with one attached hydrogen (secondary N) is 2. The summed E-state index contributed by atoms with van der Waals surface area (Å²) < 4.78 is 2.00. The number of aryl methyl sites for hydroxylation is 1. The molecule has 1 aliphatic carbocycles. The first-order chi connectivity index (χ1) is 15.8. The third kappa shape index (κ3) is 6.59. The Labute approximate surface area is 201 Å². The van der Waals surface area contributed by atoms with Gasteiger partial charge in [0.05, 0.1) is 11.8 Å². The number of hydrogen-bond donors (Lipinski definition) is 2. The number of rotatable bonds is 9. The van der Waals surface area contributed by atoms with Crippen LogP contribution in [-0.4, -0.2) is 38.4 Å². The van der Waals surface area contributed by atoms with Crippen molar-refractivity contribution in [1.29, 1.82) is 0 Å². The highest BCUT2D eigenvalue weighted by Gasteiger charge is 2.27. The number of aromatic nitrogens is 3. The summed E-state index contributed by atoms with van der Waals surface area (Å²) in [5, 5.41) is 15.8. The molecular formula is C25H37N5O2S. The summed E-state index contributed by atoms with van der Waals surface area (Å²) in [6.07, 6.45) is 4.67. The number of hydrogen-bond acceptors (Lipinski definition) is 5. The topological polar surface area (TPSA) is 88.9 Å². The van der Waals surface area contributed by atoms with Gasteiger partial charge in [-0.1, -0.05) is 63.1 Å². The Hall–Kier alpha value is -2.35. The second-order valence-corrected chi connectivity index (χ2v) is 10.3. The van der Waals surface area contributed by atoms with Crippen molar-refractivity contribution in [1.82, 2.24) is 25.4 Å². The molecular weight excluding hydrogens is 434 g/mol. The van der Waals surface area contributed by atoms with Crippen LogP contribution in [0.25, 0.3) is 0 Å². The van der Waals surface area contributed by atoms with E-state index in [2.05, 4.69) is 41.6 Å². The summed E-state index contributed by atoms with van der Waals surface area (Å²) in [7, 11) is 0. The van der Waals surface area contributed by atoms with Crippen molar-refractivity contribution < 1.29 is 9.59 Å². The molecule has 3 rings (SSSR count). The summed E-state index contributed by atoms with van der Waals surface area (Å²) >= 11 is 1.40. The smallest absolute Gasteiger partial charge is 0.251 e. The highest BCUT2D eigenvalue weighted by molar-refractivity contribution is 7.99. The molecule has 2 aromatic rings. The summed E-state index contributed by atoms with van der Waals surface area (Å²) in [6.45, 7) is 11.0. The molecule has 1 aliphatic rings. The summed E-state index contributed by atoms with van der Waals surface area (Å²) in [5.74, 6) is 1.60. The number of benzene rings is 1. The third-order valence-electron chi connectivity index (χ3n) is 6.36. The van der Waals surface area contributed by atoms with Crippen LogP contribution in [0, 0.1) is 18.8 Å². The van der Waals surface area contributed by atoms with E-state index in [0.29, 0.717) is 28.9 Å². The van der Waals surface area contributed by atoms with Crippen molar-refractivity contribution in [2.75, 3.05) is 5.75 Å². The quantitative estimate of drug-likeness (QED) is 0.525. The van der Waals surface area contributed by atoms with Gasteiger partial charge in [-0.15, -0.1) is 10.2 Å². The number of amides is 2. The Bertz CT molecular complexity index is 958. The molecule has 1 fully saturated rings. The average molecular weight is 472 g/mol. The molecule has 0 spiro atoms. The summed E-state index contributed by atoms with van der Waals surface area (Å²) in [5.41, 5.74) is 1.67. The van der Waals surface area contributed by atoms with Crippen LogP contribution >= 0.6 is 11.8 Å². The fraction of sp³-hybridized carbons (Fsp3) is 0.600. The van der Waals surface area contributed by atoms with Gasteiger partial charge in [-0.3, -0.25) is 9.59 Å². The van der Waals surface area contributed by atoms with Gasteiger partial charge in [-0.05, 0) is 50.7 Å². The maximum atomic E-state index is 12.9. The summed E-state index contributed by atoms with van der Waals surface area (Å²) in [4.78, 5) is 25.5. The largest absolute Gasteiger partial charge is 0.352 e. The molecule has 180 valence electrons. The molecule has 7 nitrogen and oxygen atoms in total. The van der Waals surface area contributed by atoms with Gasteiger partial charge in [-0.2, -0.15) is 0 Å². The molecule has 0 radical (unpaired) electrons. The zero-order chi connectivity index (χ0) is 24.0. The normalized spacial score (nSPS) is 19.3. The van der Waals surface area contributed by atoms with Crippen LogP contribution in [0.3, 0.4) is 0 Å². The molecule has 1 aromatic carbocycles. The molecule has 2 N–H and O–H groups in total. The number of carbonyl (C=O) groups excluding carboxylic acids is 2. The van der Waals surface area contributed by atoms with Gasteiger partial charge < -0.3 is 15.2 Å². The lowest BCUT2D eigenvalue weighted by Gasteiger charge is -2.29. The Morgan fingerprint density at radius 3 is 2.64 bits per heavy atom. The fourth-order valence-electron chi connectivity index (χ4n) is 4.38. The van der Waals surface area contributed by atoms with E-state index in [1.165, 1.54) is 31.0 Å². The van der Waals surface area contributed by atoms with Crippen LogP contribution in [0.1, 0.15) is 81.2 Å². The number of thioether (sulfide) groups is 1. The van der Waals surface area contributed by atoms with Gasteiger partial charge in [0.15, 0.2) is 11.0 Å². The molecule has 0 unspecified atom stereocenters. The highest BCUT2D eigenvalue weighted by atomic mass is 32.2. The Balaban J connectivity index is 1.68. The van der Waals surface area contributed by atoms with Crippen molar-refractivity contribution in [2.45, 2.75) is 84.1 Å². The van der Waals surface area contributed by atoms with Crippen LogP contribution in [0.15, 0.2) is 29.4 Å². The molecule has 3 atom stereocenters. The molecule has 33 heavy (non-hydrogen) atoms. The minimum atomic E-state index is -0.281. The molecule has 1 saturated carbocycles. The zero-order valence-electron chi connectivity index (χ0n) is 20.4. The molecule has 1 heterocycles. The first kappa shape index (κ1) is 25.3. The minimum absolute atomic E-state index is 0.0408.